The Balaban J connectivity index is 1.56. The van der Waals surface area contributed by atoms with E-state index >= 15 is 0 Å². The van der Waals surface area contributed by atoms with Gasteiger partial charge in [0.15, 0.2) is 0 Å². The third-order valence-corrected chi connectivity index (χ3v) is 4.64. The fourth-order valence-corrected chi connectivity index (χ4v) is 3.42. The lowest BCUT2D eigenvalue weighted by Crippen LogP contribution is -2.62. The lowest BCUT2D eigenvalue weighted by Gasteiger charge is -2.43. The van der Waals surface area contributed by atoms with Crippen molar-refractivity contribution in [2.75, 3.05) is 52.4 Å². The van der Waals surface area contributed by atoms with E-state index in [9.17, 15) is 9.59 Å². The van der Waals surface area contributed by atoms with Crippen LogP contribution in [-0.4, -0.2) is 84.9 Å². The second kappa shape index (κ2) is 6.10. The number of piperidine rings is 1. The fraction of sp³-hybridized carbons (Fsp3) is 0.857. The zero-order valence-corrected chi connectivity index (χ0v) is 12.0. The number of carbonyl (C=O) groups excluding carboxylic acids is 2. The van der Waals surface area contributed by atoms with Gasteiger partial charge in [0.25, 0.3) is 0 Å². The van der Waals surface area contributed by atoms with E-state index in [2.05, 4.69) is 10.2 Å². The Labute approximate surface area is 120 Å². The molecular formula is C14H24N4O2. The molecule has 112 valence electrons. The summed E-state index contributed by atoms with van der Waals surface area (Å²) in [5.74, 6) is 0.300. The predicted octanol–water partition coefficient (Wildman–Crippen LogP) is -0.885. The Kier molecular flexibility index (Phi) is 4.21. The van der Waals surface area contributed by atoms with Gasteiger partial charge in [-0.3, -0.25) is 14.5 Å². The number of hydrogen-bond acceptors (Lipinski definition) is 4. The normalized spacial score (nSPS) is 28.7. The minimum absolute atomic E-state index is 0.134. The van der Waals surface area contributed by atoms with Crippen LogP contribution < -0.4 is 5.32 Å². The van der Waals surface area contributed by atoms with E-state index in [0.29, 0.717) is 6.54 Å². The minimum Gasteiger partial charge on any atom is -0.330 e. The number of piperazine rings is 2. The molecule has 0 spiro atoms. The zero-order chi connectivity index (χ0) is 13.9. The molecule has 6 heteroatoms. The molecule has 1 N–H and O–H groups in total. The lowest BCUT2D eigenvalue weighted by molar-refractivity contribution is -0.157. The van der Waals surface area contributed by atoms with Gasteiger partial charge in [0.2, 0.25) is 11.8 Å². The van der Waals surface area contributed by atoms with Crippen LogP contribution in [0.15, 0.2) is 0 Å². The number of rotatable bonds is 3. The van der Waals surface area contributed by atoms with Crippen LogP contribution in [0.1, 0.15) is 19.3 Å². The van der Waals surface area contributed by atoms with E-state index in [0.717, 1.165) is 58.5 Å². The highest BCUT2D eigenvalue weighted by Crippen LogP contribution is 2.22. The summed E-state index contributed by atoms with van der Waals surface area (Å²) in [7, 11) is 0. The molecule has 2 amide bonds. The van der Waals surface area contributed by atoms with Crippen molar-refractivity contribution in [1.82, 2.24) is 20.0 Å². The second-order valence-electron chi connectivity index (χ2n) is 5.95. The van der Waals surface area contributed by atoms with Crippen molar-refractivity contribution in [2.24, 2.45) is 0 Å². The van der Waals surface area contributed by atoms with Crippen molar-refractivity contribution in [3.8, 4) is 0 Å². The first-order valence-electron chi connectivity index (χ1n) is 7.77. The fourth-order valence-electron chi connectivity index (χ4n) is 3.42. The van der Waals surface area contributed by atoms with E-state index < -0.39 is 0 Å². The summed E-state index contributed by atoms with van der Waals surface area (Å²) in [6.45, 7) is 6.72. The molecule has 0 aromatic carbocycles. The Morgan fingerprint density at radius 2 is 1.85 bits per heavy atom. The van der Waals surface area contributed by atoms with E-state index in [1.807, 2.05) is 0 Å². The van der Waals surface area contributed by atoms with Crippen LogP contribution in [0.25, 0.3) is 0 Å². The molecule has 3 aliphatic heterocycles. The Morgan fingerprint density at radius 3 is 2.65 bits per heavy atom. The highest BCUT2D eigenvalue weighted by Gasteiger charge is 2.40. The topological polar surface area (TPSA) is 55.9 Å². The third-order valence-electron chi connectivity index (χ3n) is 4.64. The average molecular weight is 280 g/mol. The van der Waals surface area contributed by atoms with Crippen LogP contribution in [0.2, 0.25) is 0 Å². The summed E-state index contributed by atoms with van der Waals surface area (Å²) in [6.07, 6.45) is 2.94. The maximum atomic E-state index is 12.5. The number of hydrogen-bond donors (Lipinski definition) is 1. The van der Waals surface area contributed by atoms with Gasteiger partial charge >= 0.3 is 0 Å². The minimum atomic E-state index is -0.173. The van der Waals surface area contributed by atoms with Crippen LogP contribution in [0.3, 0.4) is 0 Å². The molecule has 3 rings (SSSR count). The number of amides is 2. The quantitative estimate of drug-likeness (QED) is 0.729. The van der Waals surface area contributed by atoms with Crippen molar-refractivity contribution in [2.45, 2.75) is 25.3 Å². The molecule has 1 atom stereocenters. The predicted molar refractivity (Wildman–Crippen MR) is 75.2 cm³/mol. The van der Waals surface area contributed by atoms with Gasteiger partial charge in [-0.05, 0) is 19.3 Å². The zero-order valence-electron chi connectivity index (χ0n) is 12.0. The molecule has 0 aromatic heterocycles. The van der Waals surface area contributed by atoms with Gasteiger partial charge in [-0.1, -0.05) is 0 Å². The van der Waals surface area contributed by atoms with Crippen LogP contribution in [0.4, 0.5) is 0 Å². The maximum Gasteiger partial charge on any atom is 0.245 e. The highest BCUT2D eigenvalue weighted by molar-refractivity contribution is 5.95. The second-order valence-corrected chi connectivity index (χ2v) is 5.95. The number of fused-ring (bicyclic) bond motifs is 1. The Hall–Kier alpha value is -1.14. The number of carbonyl (C=O) groups is 2. The average Bonchev–Trinajstić information content (AvgIpc) is 2.50. The molecule has 0 bridgehead atoms. The molecule has 3 fully saturated rings. The molecule has 6 nitrogen and oxygen atoms in total. The van der Waals surface area contributed by atoms with Crippen LogP contribution in [0, 0.1) is 0 Å². The van der Waals surface area contributed by atoms with Crippen LogP contribution >= 0.6 is 0 Å². The number of nitrogens with one attached hydrogen (secondary N) is 1. The van der Waals surface area contributed by atoms with Crippen LogP contribution in [-0.2, 0) is 9.59 Å². The molecule has 20 heavy (non-hydrogen) atoms. The van der Waals surface area contributed by atoms with Crippen molar-refractivity contribution < 1.29 is 9.59 Å². The molecule has 3 aliphatic rings. The van der Waals surface area contributed by atoms with E-state index in [4.69, 9.17) is 0 Å². The van der Waals surface area contributed by atoms with Gasteiger partial charge in [-0.2, -0.15) is 0 Å². The SMILES string of the molecule is O=C1C2CCCCN2C(=O)CN1CCN1CCNCC1. The summed E-state index contributed by atoms with van der Waals surface area (Å²) in [6, 6.07) is -0.173. The standard InChI is InChI=1S/C14H24N4O2/c19-13-11-17(10-9-16-7-4-15-5-8-16)14(20)12-3-1-2-6-18(12)13/h12,15H,1-11H2. The van der Waals surface area contributed by atoms with E-state index in [1.165, 1.54) is 0 Å². The van der Waals surface area contributed by atoms with Crippen molar-refractivity contribution in [1.29, 1.82) is 0 Å². The first kappa shape index (κ1) is 13.8. The smallest absolute Gasteiger partial charge is 0.245 e. The molecule has 0 radical (unpaired) electrons. The molecule has 0 aromatic rings. The first-order valence-corrected chi connectivity index (χ1v) is 7.77. The molecule has 0 saturated carbocycles. The van der Waals surface area contributed by atoms with Crippen LogP contribution in [0.5, 0.6) is 0 Å². The maximum absolute atomic E-state index is 12.5. The van der Waals surface area contributed by atoms with E-state index in [1.54, 1.807) is 9.80 Å². The lowest BCUT2D eigenvalue weighted by atomic mass is 9.98. The molecule has 1 unspecified atom stereocenters. The Morgan fingerprint density at radius 1 is 1.05 bits per heavy atom. The van der Waals surface area contributed by atoms with Gasteiger partial charge in [-0.25, -0.2) is 0 Å². The first-order chi connectivity index (χ1) is 9.75. The monoisotopic (exact) mass is 280 g/mol. The van der Waals surface area contributed by atoms with Gasteiger partial charge in [0.1, 0.15) is 6.04 Å². The summed E-state index contributed by atoms with van der Waals surface area (Å²) in [4.78, 5) is 30.6. The van der Waals surface area contributed by atoms with E-state index in [-0.39, 0.29) is 24.4 Å². The van der Waals surface area contributed by atoms with Gasteiger partial charge in [0.05, 0.1) is 6.54 Å². The Bertz CT molecular complexity index is 381. The molecular weight excluding hydrogens is 256 g/mol. The largest absolute Gasteiger partial charge is 0.330 e. The van der Waals surface area contributed by atoms with Gasteiger partial charge in [-0.15, -0.1) is 0 Å². The number of nitrogens with zero attached hydrogens (tertiary/aromatic N) is 3. The van der Waals surface area contributed by atoms with Gasteiger partial charge in [0, 0.05) is 45.8 Å². The van der Waals surface area contributed by atoms with Crippen molar-refractivity contribution >= 4 is 11.8 Å². The summed E-state index contributed by atoms with van der Waals surface area (Å²) >= 11 is 0. The summed E-state index contributed by atoms with van der Waals surface area (Å²) in [5, 5.41) is 3.32. The summed E-state index contributed by atoms with van der Waals surface area (Å²) < 4.78 is 0. The van der Waals surface area contributed by atoms with Gasteiger partial charge < -0.3 is 15.1 Å². The molecule has 3 saturated heterocycles. The highest BCUT2D eigenvalue weighted by atomic mass is 16.2. The molecule has 0 aliphatic carbocycles. The third kappa shape index (κ3) is 2.81. The molecule has 3 heterocycles. The van der Waals surface area contributed by atoms with Crippen molar-refractivity contribution in [3.63, 3.8) is 0 Å². The summed E-state index contributed by atoms with van der Waals surface area (Å²) in [5.41, 5.74) is 0. The van der Waals surface area contributed by atoms with Crippen molar-refractivity contribution in [3.05, 3.63) is 0 Å².